The van der Waals surface area contributed by atoms with Crippen LogP contribution in [0.1, 0.15) is 39.3 Å². The molecule has 2 N–H and O–H groups in total. The Labute approximate surface area is 183 Å². The number of amides is 3. The number of carbonyl (C=O) groups is 2. The maximum atomic E-state index is 12.8. The van der Waals surface area contributed by atoms with E-state index in [1.54, 1.807) is 29.2 Å². The maximum absolute atomic E-state index is 12.8. The van der Waals surface area contributed by atoms with Crippen molar-refractivity contribution in [2.24, 2.45) is 0 Å². The van der Waals surface area contributed by atoms with Crippen LogP contribution >= 0.6 is 22.9 Å². The predicted octanol–water partition coefficient (Wildman–Crippen LogP) is 5.12. The number of urea groups is 1. The first kappa shape index (κ1) is 20.3. The summed E-state index contributed by atoms with van der Waals surface area (Å²) in [5.41, 5.74) is 2.42. The van der Waals surface area contributed by atoms with Gasteiger partial charge >= 0.3 is 6.03 Å². The van der Waals surface area contributed by atoms with Gasteiger partial charge in [0.05, 0.1) is 6.04 Å². The van der Waals surface area contributed by atoms with Gasteiger partial charge in [-0.2, -0.15) is 0 Å². The Morgan fingerprint density at radius 1 is 1.10 bits per heavy atom. The van der Waals surface area contributed by atoms with Crippen molar-refractivity contribution in [1.29, 1.82) is 0 Å². The molecule has 0 spiro atoms. The van der Waals surface area contributed by atoms with Crippen LogP contribution < -0.4 is 10.6 Å². The first-order valence-corrected chi connectivity index (χ1v) is 10.7. The lowest BCUT2D eigenvalue weighted by atomic mass is 10.2. The summed E-state index contributed by atoms with van der Waals surface area (Å²) in [6.07, 6.45) is 1.65. The van der Waals surface area contributed by atoms with E-state index in [4.69, 9.17) is 11.6 Å². The molecule has 7 nitrogen and oxygen atoms in total. The number of likely N-dealkylation sites (tertiary alicyclic amines) is 1. The number of halogens is 1. The minimum atomic E-state index is -0.352. The SMILES string of the molecule is Cc1cccc(NC(=O)N2CCC[C@H]2c2nnc(C(=O)Nc3cccc(Cl)c3)s2)c1. The van der Waals surface area contributed by atoms with Crippen LogP contribution in [-0.4, -0.2) is 33.6 Å². The molecular formula is C21H20ClN5O2S. The Morgan fingerprint density at radius 3 is 2.63 bits per heavy atom. The van der Waals surface area contributed by atoms with E-state index in [2.05, 4.69) is 20.8 Å². The third-order valence-electron chi connectivity index (χ3n) is 4.79. The van der Waals surface area contributed by atoms with Crippen LogP contribution in [0.5, 0.6) is 0 Å². The lowest BCUT2D eigenvalue weighted by Gasteiger charge is -2.23. The van der Waals surface area contributed by atoms with E-state index in [1.165, 1.54) is 11.3 Å². The molecule has 0 radical (unpaired) electrons. The molecule has 30 heavy (non-hydrogen) atoms. The molecule has 0 aliphatic carbocycles. The zero-order chi connectivity index (χ0) is 21.1. The fourth-order valence-electron chi connectivity index (χ4n) is 3.40. The van der Waals surface area contributed by atoms with Gasteiger partial charge in [0.2, 0.25) is 5.01 Å². The van der Waals surface area contributed by atoms with Gasteiger partial charge in [-0.3, -0.25) is 4.79 Å². The van der Waals surface area contributed by atoms with Crippen LogP contribution in [0.4, 0.5) is 16.2 Å². The van der Waals surface area contributed by atoms with Gasteiger partial charge in [0.15, 0.2) is 0 Å². The molecule has 3 amide bonds. The highest BCUT2D eigenvalue weighted by Gasteiger charge is 2.33. The summed E-state index contributed by atoms with van der Waals surface area (Å²) in [6, 6.07) is 14.2. The number of benzene rings is 2. The molecular weight excluding hydrogens is 422 g/mol. The lowest BCUT2D eigenvalue weighted by Crippen LogP contribution is -2.34. The first-order valence-electron chi connectivity index (χ1n) is 9.54. The van der Waals surface area contributed by atoms with Gasteiger partial charge in [-0.15, -0.1) is 10.2 Å². The summed E-state index contributed by atoms with van der Waals surface area (Å²) < 4.78 is 0. The molecule has 3 aromatic rings. The van der Waals surface area contributed by atoms with Crippen LogP contribution in [0.2, 0.25) is 5.02 Å². The van der Waals surface area contributed by atoms with Crippen LogP contribution in [0.25, 0.3) is 0 Å². The van der Waals surface area contributed by atoms with Crippen molar-refractivity contribution >= 4 is 46.3 Å². The Kier molecular flexibility index (Phi) is 5.96. The van der Waals surface area contributed by atoms with E-state index in [9.17, 15) is 9.59 Å². The van der Waals surface area contributed by atoms with Crippen molar-refractivity contribution in [2.75, 3.05) is 17.2 Å². The standard InChI is InChI=1S/C21H20ClN5O2S/c1-13-5-2-7-15(11-13)24-21(29)27-10-4-9-17(27)19-25-26-20(30-19)18(28)23-16-8-3-6-14(22)12-16/h2-3,5-8,11-12,17H,4,9-10H2,1H3,(H,23,28)(H,24,29)/t17-/m0/s1. The summed E-state index contributed by atoms with van der Waals surface area (Å²) in [6.45, 7) is 2.61. The maximum Gasteiger partial charge on any atom is 0.322 e. The Hall–Kier alpha value is -2.97. The fraction of sp³-hybridized carbons (Fsp3) is 0.238. The molecule has 1 aromatic heterocycles. The highest BCUT2D eigenvalue weighted by Crippen LogP contribution is 2.34. The Balaban J connectivity index is 1.45. The van der Waals surface area contributed by atoms with Gasteiger partial charge in [-0.1, -0.05) is 41.1 Å². The Bertz CT molecular complexity index is 1090. The van der Waals surface area contributed by atoms with Crippen molar-refractivity contribution in [1.82, 2.24) is 15.1 Å². The smallest absolute Gasteiger partial charge is 0.320 e. The molecule has 4 rings (SSSR count). The zero-order valence-corrected chi connectivity index (χ0v) is 17.8. The van der Waals surface area contributed by atoms with Gasteiger partial charge in [0.25, 0.3) is 5.91 Å². The minimum Gasteiger partial charge on any atom is -0.320 e. The number of hydrogen-bond acceptors (Lipinski definition) is 5. The topological polar surface area (TPSA) is 87.2 Å². The molecule has 1 saturated heterocycles. The summed E-state index contributed by atoms with van der Waals surface area (Å²) in [5, 5.41) is 15.4. The average Bonchev–Trinajstić information content (AvgIpc) is 3.37. The molecule has 1 aliphatic rings. The van der Waals surface area contributed by atoms with Crippen LogP contribution in [0.3, 0.4) is 0 Å². The van der Waals surface area contributed by atoms with Gasteiger partial charge in [0.1, 0.15) is 5.01 Å². The summed E-state index contributed by atoms with van der Waals surface area (Å²) in [7, 11) is 0. The summed E-state index contributed by atoms with van der Waals surface area (Å²) >= 11 is 7.16. The van der Waals surface area contributed by atoms with Crippen molar-refractivity contribution < 1.29 is 9.59 Å². The fourth-order valence-corrected chi connectivity index (χ4v) is 4.47. The van der Waals surface area contributed by atoms with Gasteiger partial charge in [0, 0.05) is 22.9 Å². The monoisotopic (exact) mass is 441 g/mol. The van der Waals surface area contributed by atoms with E-state index in [-0.39, 0.29) is 23.0 Å². The van der Waals surface area contributed by atoms with Gasteiger partial charge < -0.3 is 15.5 Å². The van der Waals surface area contributed by atoms with Crippen molar-refractivity contribution in [3.8, 4) is 0 Å². The molecule has 1 fully saturated rings. The summed E-state index contributed by atoms with van der Waals surface area (Å²) in [5.74, 6) is -0.352. The van der Waals surface area contributed by atoms with Crippen molar-refractivity contribution in [2.45, 2.75) is 25.8 Å². The molecule has 0 saturated carbocycles. The number of carbonyl (C=O) groups excluding carboxylic acids is 2. The highest BCUT2D eigenvalue weighted by atomic mass is 35.5. The van der Waals surface area contributed by atoms with Gasteiger partial charge in [-0.25, -0.2) is 4.79 Å². The van der Waals surface area contributed by atoms with Gasteiger partial charge in [-0.05, 0) is 55.7 Å². The average molecular weight is 442 g/mol. The predicted molar refractivity (Wildman–Crippen MR) is 118 cm³/mol. The molecule has 0 bridgehead atoms. The molecule has 154 valence electrons. The third kappa shape index (κ3) is 4.60. The van der Waals surface area contributed by atoms with Crippen LogP contribution in [0.15, 0.2) is 48.5 Å². The van der Waals surface area contributed by atoms with E-state index in [1.807, 2.05) is 31.2 Å². The van der Waals surface area contributed by atoms with E-state index in [0.717, 1.165) is 24.1 Å². The number of hydrogen-bond donors (Lipinski definition) is 2. The molecule has 9 heteroatoms. The number of aryl methyl sites for hydroxylation is 1. The molecule has 1 aliphatic heterocycles. The van der Waals surface area contributed by atoms with Crippen LogP contribution in [-0.2, 0) is 0 Å². The molecule has 0 unspecified atom stereocenters. The number of nitrogens with zero attached hydrogens (tertiary/aromatic N) is 3. The van der Waals surface area contributed by atoms with Crippen molar-refractivity contribution in [3.05, 3.63) is 69.1 Å². The van der Waals surface area contributed by atoms with Crippen LogP contribution in [0, 0.1) is 6.92 Å². The molecule has 2 aromatic carbocycles. The van der Waals surface area contributed by atoms with E-state index >= 15 is 0 Å². The molecule has 1 atom stereocenters. The second-order valence-electron chi connectivity index (χ2n) is 7.06. The normalized spacial score (nSPS) is 15.8. The number of nitrogens with one attached hydrogen (secondary N) is 2. The largest absolute Gasteiger partial charge is 0.322 e. The second-order valence-corrected chi connectivity index (χ2v) is 8.51. The molecule has 2 heterocycles. The number of rotatable bonds is 4. The second kappa shape index (κ2) is 8.81. The summed E-state index contributed by atoms with van der Waals surface area (Å²) in [4.78, 5) is 27.1. The van der Waals surface area contributed by atoms with Crippen molar-refractivity contribution in [3.63, 3.8) is 0 Å². The Morgan fingerprint density at radius 2 is 1.87 bits per heavy atom. The first-order chi connectivity index (χ1) is 14.5. The van der Waals surface area contributed by atoms with E-state index < -0.39 is 0 Å². The quantitative estimate of drug-likeness (QED) is 0.588. The number of anilines is 2. The minimum absolute atomic E-state index is 0.178. The number of aromatic nitrogens is 2. The third-order valence-corrected chi connectivity index (χ3v) is 6.04. The zero-order valence-electron chi connectivity index (χ0n) is 16.3. The highest BCUT2D eigenvalue weighted by molar-refractivity contribution is 7.13. The van der Waals surface area contributed by atoms with E-state index in [0.29, 0.717) is 22.3 Å². The lowest BCUT2D eigenvalue weighted by molar-refractivity contribution is 0.102.